The maximum Gasteiger partial charge on any atom is 0.365 e. The van der Waals surface area contributed by atoms with Gasteiger partial charge in [-0.3, -0.25) is 4.89 Å². The van der Waals surface area contributed by atoms with Crippen LogP contribution in [0.25, 0.3) is 0 Å². The van der Waals surface area contributed by atoms with E-state index in [4.69, 9.17) is 20.6 Å². The molecule has 0 aliphatic rings. The van der Waals surface area contributed by atoms with E-state index in [1.807, 2.05) is 0 Å². The van der Waals surface area contributed by atoms with Crippen molar-refractivity contribution in [3.05, 3.63) is 11.6 Å². The first-order valence-electron chi connectivity index (χ1n) is 4.41. The molecule has 9 nitrogen and oxygen atoms in total. The van der Waals surface area contributed by atoms with E-state index >= 15 is 0 Å². The molecule has 0 spiro atoms. The number of rotatable bonds is 8. The maximum atomic E-state index is 10.6. The Morgan fingerprint density at radius 2 is 1.94 bits per heavy atom. The predicted molar refractivity (Wildman–Crippen MR) is 49.8 cm³/mol. The number of aliphatic hydroxyl groups is 4. The first-order valence-corrected chi connectivity index (χ1v) is 4.41. The molecule has 0 amide bonds. The standard InChI is InChI=1S/C8H14O9/c9-3-15-4-16-6(10)1-5(8(12)13)2-7(11)17-14/h2,6,8-10,12-14H,1,3-4H2/b5-2-. The lowest BCUT2D eigenvalue weighted by Crippen LogP contribution is -2.21. The molecule has 0 aromatic heterocycles. The minimum Gasteiger partial charge on any atom is -0.371 e. The molecular formula is C8H14O9. The zero-order valence-corrected chi connectivity index (χ0v) is 8.72. The number of hydrogen-bond acceptors (Lipinski definition) is 9. The molecule has 0 saturated carbocycles. The van der Waals surface area contributed by atoms with Crippen LogP contribution in [-0.2, 0) is 19.2 Å². The zero-order valence-electron chi connectivity index (χ0n) is 8.72. The molecule has 0 saturated heterocycles. The minimum absolute atomic E-state index is 0.333. The third-order valence-corrected chi connectivity index (χ3v) is 1.57. The van der Waals surface area contributed by atoms with Gasteiger partial charge in [-0.1, -0.05) is 0 Å². The van der Waals surface area contributed by atoms with Crippen molar-refractivity contribution in [2.75, 3.05) is 13.6 Å². The highest BCUT2D eigenvalue weighted by molar-refractivity contribution is 5.82. The van der Waals surface area contributed by atoms with Crippen LogP contribution in [-0.4, -0.2) is 57.8 Å². The molecule has 0 fully saturated rings. The molecule has 9 heteroatoms. The Morgan fingerprint density at radius 3 is 2.41 bits per heavy atom. The fraction of sp³-hybridized carbons (Fsp3) is 0.625. The molecule has 1 atom stereocenters. The molecule has 0 aliphatic heterocycles. The Morgan fingerprint density at radius 1 is 1.29 bits per heavy atom. The van der Waals surface area contributed by atoms with Crippen LogP contribution >= 0.6 is 0 Å². The summed E-state index contributed by atoms with van der Waals surface area (Å²) >= 11 is 0. The van der Waals surface area contributed by atoms with E-state index < -0.39 is 38.6 Å². The van der Waals surface area contributed by atoms with E-state index in [0.29, 0.717) is 6.08 Å². The van der Waals surface area contributed by atoms with Gasteiger partial charge >= 0.3 is 5.97 Å². The zero-order chi connectivity index (χ0) is 13.3. The van der Waals surface area contributed by atoms with Crippen molar-refractivity contribution < 1.29 is 44.8 Å². The number of carbonyl (C=O) groups is 1. The molecule has 1 unspecified atom stereocenters. The lowest BCUT2D eigenvalue weighted by Gasteiger charge is -2.14. The molecule has 0 heterocycles. The summed E-state index contributed by atoms with van der Waals surface area (Å²) in [5.41, 5.74) is -0.333. The summed E-state index contributed by atoms with van der Waals surface area (Å²) in [4.78, 5) is 13.9. The lowest BCUT2D eigenvalue weighted by atomic mass is 10.1. The molecule has 0 bridgehead atoms. The molecule has 0 aliphatic carbocycles. The van der Waals surface area contributed by atoms with Crippen LogP contribution in [0.3, 0.4) is 0 Å². The van der Waals surface area contributed by atoms with Gasteiger partial charge in [0.25, 0.3) is 0 Å². The van der Waals surface area contributed by atoms with Crippen molar-refractivity contribution in [3.8, 4) is 0 Å². The molecule has 0 rings (SSSR count). The lowest BCUT2D eigenvalue weighted by molar-refractivity contribution is -0.228. The molecular weight excluding hydrogens is 240 g/mol. The summed E-state index contributed by atoms with van der Waals surface area (Å²) < 4.78 is 8.92. The number of ether oxygens (including phenoxy) is 2. The summed E-state index contributed by atoms with van der Waals surface area (Å²) in [7, 11) is 0. The summed E-state index contributed by atoms with van der Waals surface area (Å²) in [5, 5.41) is 43.1. The SMILES string of the molecule is O=C(/C=C(/CC(O)OCOCO)C(O)O)OO. The number of carbonyl (C=O) groups excluding carboxylic acids is 1. The Bertz CT molecular complexity index is 249. The van der Waals surface area contributed by atoms with Crippen molar-refractivity contribution in [2.24, 2.45) is 0 Å². The van der Waals surface area contributed by atoms with Gasteiger partial charge in [0.05, 0.1) is 0 Å². The molecule has 100 valence electrons. The summed E-state index contributed by atoms with van der Waals surface area (Å²) in [6.45, 7) is -1.02. The van der Waals surface area contributed by atoms with Crippen molar-refractivity contribution in [1.82, 2.24) is 0 Å². The third-order valence-electron chi connectivity index (χ3n) is 1.57. The van der Waals surface area contributed by atoms with Gasteiger partial charge in [0.1, 0.15) is 6.79 Å². The second-order valence-corrected chi connectivity index (χ2v) is 2.78. The van der Waals surface area contributed by atoms with Gasteiger partial charge in [-0.05, 0) is 5.57 Å². The second-order valence-electron chi connectivity index (χ2n) is 2.78. The van der Waals surface area contributed by atoms with Crippen LogP contribution in [0, 0.1) is 0 Å². The largest absolute Gasteiger partial charge is 0.371 e. The summed E-state index contributed by atoms with van der Waals surface area (Å²) in [6.07, 6.45) is -3.35. The van der Waals surface area contributed by atoms with Crippen LogP contribution in [0.15, 0.2) is 11.6 Å². The topological polar surface area (TPSA) is 146 Å². The van der Waals surface area contributed by atoms with Gasteiger partial charge in [0.2, 0.25) is 0 Å². The highest BCUT2D eigenvalue weighted by atomic mass is 17.1. The van der Waals surface area contributed by atoms with Crippen molar-refractivity contribution in [3.63, 3.8) is 0 Å². The summed E-state index contributed by atoms with van der Waals surface area (Å²) in [5.74, 6) is -1.23. The Kier molecular flexibility index (Phi) is 8.44. The Balaban J connectivity index is 4.25. The van der Waals surface area contributed by atoms with Crippen LogP contribution in [0.5, 0.6) is 0 Å². The first-order chi connectivity index (χ1) is 8.01. The first kappa shape index (κ1) is 15.9. The van der Waals surface area contributed by atoms with Gasteiger partial charge in [-0.15, -0.1) is 0 Å². The molecule has 0 aromatic rings. The van der Waals surface area contributed by atoms with Crippen LogP contribution in [0.4, 0.5) is 0 Å². The highest BCUT2D eigenvalue weighted by Crippen LogP contribution is 2.10. The molecule has 0 radical (unpaired) electrons. The van der Waals surface area contributed by atoms with Crippen LogP contribution in [0.1, 0.15) is 6.42 Å². The van der Waals surface area contributed by atoms with Gasteiger partial charge < -0.3 is 29.9 Å². The van der Waals surface area contributed by atoms with E-state index in [1.165, 1.54) is 0 Å². The quantitative estimate of drug-likeness (QED) is 0.108. The fourth-order valence-corrected chi connectivity index (χ4v) is 0.841. The van der Waals surface area contributed by atoms with Crippen LogP contribution in [0.2, 0.25) is 0 Å². The van der Waals surface area contributed by atoms with E-state index in [0.717, 1.165) is 0 Å². The van der Waals surface area contributed by atoms with Gasteiger partial charge in [-0.2, -0.15) is 5.26 Å². The van der Waals surface area contributed by atoms with Crippen molar-refractivity contribution >= 4 is 5.97 Å². The van der Waals surface area contributed by atoms with E-state index in [1.54, 1.807) is 0 Å². The van der Waals surface area contributed by atoms with Crippen molar-refractivity contribution in [1.29, 1.82) is 0 Å². The smallest absolute Gasteiger partial charge is 0.365 e. The number of aliphatic hydroxyl groups excluding tert-OH is 3. The Hall–Kier alpha value is -1.07. The maximum absolute atomic E-state index is 10.6. The fourth-order valence-electron chi connectivity index (χ4n) is 0.841. The van der Waals surface area contributed by atoms with E-state index in [-0.39, 0.29) is 5.57 Å². The average Bonchev–Trinajstić information content (AvgIpc) is 2.28. The second kappa shape index (κ2) is 9.01. The van der Waals surface area contributed by atoms with Gasteiger partial charge in [0, 0.05) is 12.5 Å². The average molecular weight is 254 g/mol. The van der Waals surface area contributed by atoms with E-state index in [2.05, 4.69) is 14.4 Å². The normalized spacial score (nSPS) is 13.9. The monoisotopic (exact) mass is 254 g/mol. The molecule has 17 heavy (non-hydrogen) atoms. The highest BCUT2D eigenvalue weighted by Gasteiger charge is 2.15. The van der Waals surface area contributed by atoms with Gasteiger partial charge in [-0.25, -0.2) is 4.79 Å². The number of hydrogen-bond donors (Lipinski definition) is 5. The summed E-state index contributed by atoms with van der Waals surface area (Å²) in [6, 6.07) is 0. The van der Waals surface area contributed by atoms with E-state index in [9.17, 15) is 9.90 Å². The third kappa shape index (κ3) is 7.76. The van der Waals surface area contributed by atoms with Crippen molar-refractivity contribution in [2.45, 2.75) is 19.0 Å². The predicted octanol–water partition coefficient (Wildman–Crippen LogP) is -2.11. The molecule has 0 aromatic carbocycles. The minimum atomic E-state index is -2.02. The van der Waals surface area contributed by atoms with Gasteiger partial charge in [0.15, 0.2) is 19.4 Å². The van der Waals surface area contributed by atoms with Crippen LogP contribution < -0.4 is 0 Å². The Labute approximate surface area is 96.0 Å². The molecule has 5 N–H and O–H groups in total.